The van der Waals surface area contributed by atoms with Crippen LogP contribution in [0.15, 0.2) is 23.8 Å². The largest absolute Gasteiger partial charge is 0.481 e. The summed E-state index contributed by atoms with van der Waals surface area (Å²) in [4.78, 5) is 23.8. The second-order valence-electron chi connectivity index (χ2n) is 6.49. The molecular formula is C17H23NO3. The molecule has 0 aliphatic heterocycles. The van der Waals surface area contributed by atoms with E-state index in [0.717, 1.165) is 25.7 Å². The number of aliphatic carboxylic acids is 1. The average Bonchev–Trinajstić information content (AvgIpc) is 3.08. The van der Waals surface area contributed by atoms with E-state index in [2.05, 4.69) is 11.4 Å². The van der Waals surface area contributed by atoms with Crippen molar-refractivity contribution in [2.24, 2.45) is 23.7 Å². The Morgan fingerprint density at radius 1 is 1.19 bits per heavy atom. The number of hydrogen-bond acceptors (Lipinski definition) is 2. The van der Waals surface area contributed by atoms with Gasteiger partial charge in [-0.25, -0.2) is 0 Å². The maximum absolute atomic E-state index is 12.4. The minimum atomic E-state index is -0.831. The Balaban J connectivity index is 1.54. The highest BCUT2D eigenvalue weighted by molar-refractivity contribution is 5.86. The maximum Gasteiger partial charge on any atom is 0.307 e. The number of rotatable bonds is 5. The summed E-state index contributed by atoms with van der Waals surface area (Å²) in [5, 5.41) is 12.3. The number of amides is 1. The molecule has 1 saturated carbocycles. The number of fused-ring (bicyclic) bond motifs is 2. The fraction of sp³-hybridized carbons (Fsp3) is 0.647. The molecule has 4 heteroatoms. The minimum Gasteiger partial charge on any atom is -0.481 e. The maximum atomic E-state index is 12.4. The summed E-state index contributed by atoms with van der Waals surface area (Å²) in [5.74, 6) is -1.65. The van der Waals surface area contributed by atoms with Crippen LogP contribution in [0.25, 0.3) is 0 Å². The number of carbonyl (C=O) groups excluding carboxylic acids is 1. The van der Waals surface area contributed by atoms with Crippen LogP contribution in [0.4, 0.5) is 0 Å². The van der Waals surface area contributed by atoms with Crippen molar-refractivity contribution >= 4 is 11.9 Å². The van der Waals surface area contributed by atoms with Crippen molar-refractivity contribution in [3.63, 3.8) is 0 Å². The molecule has 4 atom stereocenters. The molecule has 0 heterocycles. The molecule has 0 unspecified atom stereocenters. The Labute approximate surface area is 125 Å². The molecule has 4 nitrogen and oxygen atoms in total. The van der Waals surface area contributed by atoms with Gasteiger partial charge >= 0.3 is 5.97 Å². The van der Waals surface area contributed by atoms with E-state index in [0.29, 0.717) is 6.54 Å². The van der Waals surface area contributed by atoms with Gasteiger partial charge < -0.3 is 10.4 Å². The van der Waals surface area contributed by atoms with Crippen molar-refractivity contribution in [2.75, 3.05) is 6.54 Å². The molecule has 0 aromatic carbocycles. The summed E-state index contributed by atoms with van der Waals surface area (Å²) in [6, 6.07) is 0. The number of allylic oxidation sites excluding steroid dienone is 3. The highest BCUT2D eigenvalue weighted by atomic mass is 16.4. The molecule has 114 valence electrons. The topological polar surface area (TPSA) is 66.4 Å². The smallest absolute Gasteiger partial charge is 0.307 e. The van der Waals surface area contributed by atoms with Crippen molar-refractivity contribution in [1.29, 1.82) is 0 Å². The van der Waals surface area contributed by atoms with E-state index < -0.39 is 11.9 Å². The summed E-state index contributed by atoms with van der Waals surface area (Å²) in [6.45, 7) is 0.634. The zero-order chi connectivity index (χ0) is 14.8. The van der Waals surface area contributed by atoms with E-state index in [-0.39, 0.29) is 23.7 Å². The summed E-state index contributed by atoms with van der Waals surface area (Å²) in [6.07, 6.45) is 12.8. The van der Waals surface area contributed by atoms with E-state index in [1.165, 1.54) is 18.4 Å². The quantitative estimate of drug-likeness (QED) is 0.764. The van der Waals surface area contributed by atoms with Gasteiger partial charge in [0.15, 0.2) is 0 Å². The average molecular weight is 289 g/mol. The first kappa shape index (κ1) is 14.4. The zero-order valence-corrected chi connectivity index (χ0v) is 12.3. The predicted octanol–water partition coefficient (Wildman–Crippen LogP) is 2.52. The SMILES string of the molecule is O=C(O)[C@@H]1[C@H](C(=O)NCCC2=CCCCC2)[C@H]2C=C[C@@H]1C2. The highest BCUT2D eigenvalue weighted by Crippen LogP contribution is 2.48. The molecule has 1 fully saturated rings. The standard InChI is InChI=1S/C17H23NO3/c19-16(18-9-8-11-4-2-1-3-5-11)14-12-6-7-13(10-12)15(14)17(20)21/h4,6-7,12-15H,1-3,5,8-10H2,(H,18,19)(H,20,21)/t12-,13+,14+,15-/m0/s1. The Bertz CT molecular complexity index is 494. The van der Waals surface area contributed by atoms with E-state index in [1.807, 2.05) is 12.2 Å². The lowest BCUT2D eigenvalue weighted by molar-refractivity contribution is -0.147. The van der Waals surface area contributed by atoms with Gasteiger partial charge in [0.1, 0.15) is 0 Å². The van der Waals surface area contributed by atoms with Crippen molar-refractivity contribution in [3.05, 3.63) is 23.8 Å². The number of carboxylic acid groups (broad SMARTS) is 1. The Kier molecular flexibility index (Phi) is 4.13. The highest BCUT2D eigenvalue weighted by Gasteiger charge is 2.51. The van der Waals surface area contributed by atoms with Crippen LogP contribution in [-0.4, -0.2) is 23.5 Å². The lowest BCUT2D eigenvalue weighted by atomic mass is 9.82. The van der Waals surface area contributed by atoms with E-state index in [4.69, 9.17) is 0 Å². The summed E-state index contributed by atoms with van der Waals surface area (Å²) in [7, 11) is 0. The van der Waals surface area contributed by atoms with Crippen LogP contribution in [0, 0.1) is 23.7 Å². The fourth-order valence-corrected chi connectivity index (χ4v) is 4.11. The van der Waals surface area contributed by atoms with Crippen LogP contribution in [-0.2, 0) is 9.59 Å². The second-order valence-corrected chi connectivity index (χ2v) is 6.49. The Morgan fingerprint density at radius 3 is 2.62 bits per heavy atom. The van der Waals surface area contributed by atoms with Crippen LogP contribution < -0.4 is 5.32 Å². The first-order valence-electron chi connectivity index (χ1n) is 8.03. The van der Waals surface area contributed by atoms with Gasteiger partial charge in [0, 0.05) is 6.54 Å². The third-order valence-corrected chi connectivity index (χ3v) is 5.18. The monoisotopic (exact) mass is 289 g/mol. The van der Waals surface area contributed by atoms with Gasteiger partial charge in [-0.3, -0.25) is 9.59 Å². The molecule has 3 rings (SSSR count). The second kappa shape index (κ2) is 6.04. The van der Waals surface area contributed by atoms with Crippen LogP contribution in [0.1, 0.15) is 38.5 Å². The predicted molar refractivity (Wildman–Crippen MR) is 79.5 cm³/mol. The van der Waals surface area contributed by atoms with Gasteiger partial charge in [-0.15, -0.1) is 0 Å². The molecule has 0 radical (unpaired) electrons. The first-order chi connectivity index (χ1) is 10.2. The molecule has 21 heavy (non-hydrogen) atoms. The summed E-state index contributed by atoms with van der Waals surface area (Å²) >= 11 is 0. The van der Waals surface area contributed by atoms with Gasteiger partial charge in [-0.1, -0.05) is 23.8 Å². The minimum absolute atomic E-state index is 0.0457. The van der Waals surface area contributed by atoms with E-state index in [1.54, 1.807) is 0 Å². The lowest BCUT2D eigenvalue weighted by Gasteiger charge is -2.24. The van der Waals surface area contributed by atoms with Gasteiger partial charge in [0.2, 0.25) is 5.91 Å². The van der Waals surface area contributed by atoms with Crippen molar-refractivity contribution in [3.8, 4) is 0 Å². The van der Waals surface area contributed by atoms with Crippen LogP contribution in [0.2, 0.25) is 0 Å². The van der Waals surface area contributed by atoms with Crippen LogP contribution in [0.3, 0.4) is 0 Å². The summed E-state index contributed by atoms with van der Waals surface area (Å²) < 4.78 is 0. The molecule has 0 spiro atoms. The van der Waals surface area contributed by atoms with Gasteiger partial charge in [-0.2, -0.15) is 0 Å². The van der Waals surface area contributed by atoms with Crippen LogP contribution in [0.5, 0.6) is 0 Å². The normalized spacial score (nSPS) is 33.8. The number of carboxylic acids is 1. The molecule has 0 aromatic heterocycles. The van der Waals surface area contributed by atoms with Crippen molar-refractivity contribution in [1.82, 2.24) is 5.32 Å². The molecular weight excluding hydrogens is 266 g/mol. The van der Waals surface area contributed by atoms with Crippen LogP contribution >= 0.6 is 0 Å². The molecule has 3 aliphatic rings. The number of carbonyl (C=O) groups is 2. The van der Waals surface area contributed by atoms with Gasteiger partial charge in [0.05, 0.1) is 11.8 Å². The molecule has 0 aromatic rings. The van der Waals surface area contributed by atoms with Gasteiger partial charge in [0.25, 0.3) is 0 Å². The fourth-order valence-electron chi connectivity index (χ4n) is 4.11. The third-order valence-electron chi connectivity index (χ3n) is 5.18. The van der Waals surface area contributed by atoms with E-state index >= 15 is 0 Å². The lowest BCUT2D eigenvalue weighted by Crippen LogP contribution is -2.40. The summed E-state index contributed by atoms with van der Waals surface area (Å²) in [5.41, 5.74) is 1.43. The van der Waals surface area contributed by atoms with Crippen molar-refractivity contribution in [2.45, 2.75) is 38.5 Å². The Hall–Kier alpha value is -1.58. The first-order valence-corrected chi connectivity index (χ1v) is 8.03. The van der Waals surface area contributed by atoms with Crippen molar-refractivity contribution < 1.29 is 14.7 Å². The number of hydrogen-bond donors (Lipinski definition) is 2. The molecule has 2 N–H and O–H groups in total. The molecule has 2 bridgehead atoms. The Morgan fingerprint density at radius 2 is 1.95 bits per heavy atom. The third kappa shape index (κ3) is 2.89. The van der Waals surface area contributed by atoms with Gasteiger partial charge in [-0.05, 0) is 50.4 Å². The zero-order valence-electron chi connectivity index (χ0n) is 12.3. The molecule has 1 amide bonds. The molecule has 3 aliphatic carbocycles. The number of nitrogens with one attached hydrogen (secondary N) is 1. The molecule has 0 saturated heterocycles. The van der Waals surface area contributed by atoms with E-state index in [9.17, 15) is 14.7 Å².